The lowest BCUT2D eigenvalue weighted by molar-refractivity contribution is -0.386. The highest BCUT2D eigenvalue weighted by Crippen LogP contribution is 2.29. The van der Waals surface area contributed by atoms with E-state index in [1.54, 1.807) is 6.92 Å². The summed E-state index contributed by atoms with van der Waals surface area (Å²) in [6, 6.07) is 3.16. The fourth-order valence-electron chi connectivity index (χ4n) is 1.71. The number of hydrogen-bond donors (Lipinski definition) is 2. The van der Waals surface area contributed by atoms with E-state index in [0.29, 0.717) is 0 Å². The van der Waals surface area contributed by atoms with Crippen LogP contribution in [-0.2, 0) is 14.3 Å². The molecule has 0 saturated heterocycles. The summed E-state index contributed by atoms with van der Waals surface area (Å²) >= 11 is 0. The van der Waals surface area contributed by atoms with E-state index in [4.69, 9.17) is 4.74 Å². The molecule has 0 aromatic heterocycles. The van der Waals surface area contributed by atoms with Gasteiger partial charge >= 0.3 is 11.9 Å². The zero-order valence-corrected chi connectivity index (χ0v) is 11.9. The summed E-state index contributed by atoms with van der Waals surface area (Å²) in [6.07, 6.45) is -3.86. The number of nitro benzene ring substituents is 1. The molecule has 0 bridgehead atoms. The maximum absolute atomic E-state index is 11.6. The lowest BCUT2D eigenvalue weighted by atomic mass is 10.0. The van der Waals surface area contributed by atoms with Gasteiger partial charge < -0.3 is 19.7 Å². The second-order valence-electron chi connectivity index (χ2n) is 4.16. The van der Waals surface area contributed by atoms with Crippen molar-refractivity contribution in [1.29, 1.82) is 0 Å². The lowest BCUT2D eigenvalue weighted by Crippen LogP contribution is -2.29. The molecule has 9 nitrogen and oxygen atoms in total. The molecule has 1 aromatic rings. The summed E-state index contributed by atoms with van der Waals surface area (Å²) < 4.78 is 8.97. The van der Waals surface area contributed by atoms with Gasteiger partial charge in [0.1, 0.15) is 6.10 Å². The standard InChI is InChI=1S/C13H15NO8/c1-3-22-12(17)7-4-5-8(9(6-7)14(19)20)10(15)11(16)13(18)21-2/h4-6,10-11,15-16H,3H2,1-2H3. The van der Waals surface area contributed by atoms with Crippen molar-refractivity contribution in [1.82, 2.24) is 0 Å². The van der Waals surface area contributed by atoms with E-state index in [1.165, 1.54) is 6.07 Å². The van der Waals surface area contributed by atoms with Gasteiger partial charge in [0.15, 0.2) is 6.10 Å². The first kappa shape index (κ1) is 17.5. The van der Waals surface area contributed by atoms with Crippen LogP contribution in [0.5, 0.6) is 0 Å². The van der Waals surface area contributed by atoms with E-state index in [2.05, 4.69) is 4.74 Å². The fourth-order valence-corrected chi connectivity index (χ4v) is 1.71. The van der Waals surface area contributed by atoms with Crippen LogP contribution in [0.15, 0.2) is 18.2 Å². The van der Waals surface area contributed by atoms with Crippen LogP contribution in [-0.4, -0.2) is 46.9 Å². The Balaban J connectivity index is 3.23. The van der Waals surface area contributed by atoms with E-state index >= 15 is 0 Å². The van der Waals surface area contributed by atoms with Crippen molar-refractivity contribution in [3.63, 3.8) is 0 Å². The van der Waals surface area contributed by atoms with Crippen molar-refractivity contribution in [2.24, 2.45) is 0 Å². The molecule has 22 heavy (non-hydrogen) atoms. The van der Waals surface area contributed by atoms with Gasteiger partial charge in [-0.25, -0.2) is 9.59 Å². The van der Waals surface area contributed by atoms with E-state index < -0.39 is 34.8 Å². The van der Waals surface area contributed by atoms with Crippen LogP contribution in [0.2, 0.25) is 0 Å². The van der Waals surface area contributed by atoms with Crippen LogP contribution in [0.3, 0.4) is 0 Å². The highest BCUT2D eigenvalue weighted by molar-refractivity contribution is 5.90. The average molecular weight is 313 g/mol. The number of ether oxygens (including phenoxy) is 2. The molecule has 2 atom stereocenters. The molecule has 1 rings (SSSR count). The van der Waals surface area contributed by atoms with E-state index in [0.717, 1.165) is 19.2 Å². The molecular weight excluding hydrogens is 298 g/mol. The van der Waals surface area contributed by atoms with Gasteiger partial charge in [-0.05, 0) is 19.1 Å². The van der Waals surface area contributed by atoms with Gasteiger partial charge in [0, 0.05) is 6.07 Å². The molecule has 0 aliphatic carbocycles. The summed E-state index contributed by atoms with van der Waals surface area (Å²) in [5, 5.41) is 30.5. The third-order valence-electron chi connectivity index (χ3n) is 2.80. The van der Waals surface area contributed by atoms with E-state index in [-0.39, 0.29) is 17.7 Å². The third kappa shape index (κ3) is 3.77. The number of esters is 2. The van der Waals surface area contributed by atoms with Crippen LogP contribution in [0.25, 0.3) is 0 Å². The molecule has 0 amide bonds. The second kappa shape index (κ2) is 7.48. The Morgan fingerprint density at radius 1 is 1.36 bits per heavy atom. The topological polar surface area (TPSA) is 136 Å². The van der Waals surface area contributed by atoms with Gasteiger partial charge in [-0.3, -0.25) is 10.1 Å². The zero-order chi connectivity index (χ0) is 16.9. The largest absolute Gasteiger partial charge is 0.467 e. The van der Waals surface area contributed by atoms with Gasteiger partial charge in [-0.15, -0.1) is 0 Å². The molecule has 9 heteroatoms. The number of methoxy groups -OCH3 is 1. The predicted octanol–water partition coefficient (Wildman–Crippen LogP) is 0.339. The molecule has 0 fully saturated rings. The number of nitrogens with zero attached hydrogens (tertiary/aromatic N) is 1. The number of aliphatic hydroxyl groups excluding tert-OH is 2. The van der Waals surface area contributed by atoms with Crippen LogP contribution >= 0.6 is 0 Å². The van der Waals surface area contributed by atoms with E-state index in [9.17, 15) is 29.9 Å². The number of carbonyl (C=O) groups is 2. The maximum Gasteiger partial charge on any atom is 0.338 e. The van der Waals surface area contributed by atoms with Crippen molar-refractivity contribution in [3.05, 3.63) is 39.4 Å². The Morgan fingerprint density at radius 2 is 2.00 bits per heavy atom. The summed E-state index contributed by atoms with van der Waals surface area (Å²) in [5.74, 6) is -1.91. The van der Waals surface area contributed by atoms with Crippen molar-refractivity contribution in [3.8, 4) is 0 Å². The number of rotatable bonds is 6. The molecule has 2 N–H and O–H groups in total. The minimum absolute atomic E-state index is 0.0861. The number of benzene rings is 1. The summed E-state index contributed by atoms with van der Waals surface area (Å²) in [7, 11) is 0.997. The first-order valence-electron chi connectivity index (χ1n) is 6.22. The van der Waals surface area contributed by atoms with Gasteiger partial charge in [0.05, 0.1) is 29.8 Å². The molecule has 0 aliphatic rings. The van der Waals surface area contributed by atoms with Gasteiger partial charge in [0.2, 0.25) is 0 Å². The van der Waals surface area contributed by atoms with Crippen LogP contribution in [0.1, 0.15) is 28.9 Å². The van der Waals surface area contributed by atoms with Crippen molar-refractivity contribution >= 4 is 17.6 Å². The molecule has 120 valence electrons. The predicted molar refractivity (Wildman–Crippen MR) is 72.0 cm³/mol. The molecular formula is C13H15NO8. The number of aliphatic hydroxyl groups is 2. The molecule has 0 radical (unpaired) electrons. The highest BCUT2D eigenvalue weighted by Gasteiger charge is 2.32. The second-order valence-corrected chi connectivity index (χ2v) is 4.16. The Labute approximate surface area is 125 Å². The molecule has 0 aliphatic heterocycles. The average Bonchev–Trinajstić information content (AvgIpc) is 2.52. The minimum atomic E-state index is -1.99. The van der Waals surface area contributed by atoms with Crippen molar-refractivity contribution in [2.75, 3.05) is 13.7 Å². The first-order chi connectivity index (χ1) is 10.3. The molecule has 0 spiro atoms. The smallest absolute Gasteiger partial charge is 0.338 e. The Hall–Kier alpha value is -2.52. The SMILES string of the molecule is CCOC(=O)c1ccc(C(O)C(O)C(=O)OC)c([N+](=O)[O-])c1. The summed E-state index contributed by atoms with van der Waals surface area (Å²) in [5.41, 5.74) is -1.03. The molecule has 2 unspecified atom stereocenters. The quantitative estimate of drug-likeness (QED) is 0.436. The molecule has 0 saturated carbocycles. The van der Waals surface area contributed by atoms with Gasteiger partial charge in [0.25, 0.3) is 5.69 Å². The maximum atomic E-state index is 11.6. The van der Waals surface area contributed by atoms with Gasteiger partial charge in [-0.2, -0.15) is 0 Å². The lowest BCUT2D eigenvalue weighted by Gasteiger charge is -2.16. The van der Waals surface area contributed by atoms with E-state index in [1.807, 2.05) is 0 Å². The van der Waals surface area contributed by atoms with Crippen molar-refractivity contribution in [2.45, 2.75) is 19.1 Å². The summed E-state index contributed by atoms with van der Waals surface area (Å²) in [6.45, 7) is 1.68. The number of nitro groups is 1. The van der Waals surface area contributed by atoms with Crippen LogP contribution < -0.4 is 0 Å². The fraction of sp³-hybridized carbons (Fsp3) is 0.385. The normalized spacial score (nSPS) is 13.1. The highest BCUT2D eigenvalue weighted by atomic mass is 16.6. The van der Waals surface area contributed by atoms with Crippen LogP contribution in [0.4, 0.5) is 5.69 Å². The van der Waals surface area contributed by atoms with Gasteiger partial charge in [-0.1, -0.05) is 0 Å². The Morgan fingerprint density at radius 3 is 2.50 bits per heavy atom. The number of carbonyl (C=O) groups excluding carboxylic acids is 2. The third-order valence-corrected chi connectivity index (χ3v) is 2.80. The summed E-state index contributed by atoms with van der Waals surface area (Å²) in [4.78, 5) is 33.0. The zero-order valence-electron chi connectivity index (χ0n) is 11.9. The Bertz CT molecular complexity index is 585. The molecule has 0 heterocycles. The monoisotopic (exact) mass is 313 g/mol. The van der Waals surface area contributed by atoms with Crippen molar-refractivity contribution < 1.29 is 34.2 Å². The number of hydrogen-bond acceptors (Lipinski definition) is 8. The molecule has 1 aromatic carbocycles. The first-order valence-corrected chi connectivity index (χ1v) is 6.22. The minimum Gasteiger partial charge on any atom is -0.467 e. The van der Waals surface area contributed by atoms with Crippen LogP contribution in [0, 0.1) is 10.1 Å². The Kier molecular flexibility index (Phi) is 5.96.